The van der Waals surface area contributed by atoms with Gasteiger partial charge in [0.05, 0.1) is 33.3 Å². The van der Waals surface area contributed by atoms with Gasteiger partial charge in [-0.3, -0.25) is 19.9 Å². The third kappa shape index (κ3) is 7.25. The van der Waals surface area contributed by atoms with Crippen LogP contribution in [0.2, 0.25) is 0 Å². The molecule has 252 valence electrons. The number of amides is 1. The first-order valence-corrected chi connectivity index (χ1v) is 15.7. The van der Waals surface area contributed by atoms with Crippen LogP contribution in [0.15, 0.2) is 90.0 Å². The van der Waals surface area contributed by atoms with Gasteiger partial charge < -0.3 is 28.6 Å². The van der Waals surface area contributed by atoms with Crippen LogP contribution in [-0.2, 0) is 26.4 Å². The van der Waals surface area contributed by atoms with Crippen LogP contribution < -0.4 is 20.3 Å². The molecule has 2 atom stereocenters. The lowest BCUT2D eigenvalue weighted by Crippen LogP contribution is -2.40. The first-order chi connectivity index (χ1) is 23.2. The summed E-state index contributed by atoms with van der Waals surface area (Å²) in [5.41, 5.74) is 1.44. The van der Waals surface area contributed by atoms with E-state index in [9.17, 15) is 14.7 Å². The molecule has 12 nitrogen and oxygen atoms in total. The molecular weight excluding hydrogens is 614 g/mol. The lowest BCUT2D eigenvalue weighted by atomic mass is 9.80. The topological polar surface area (TPSA) is 150 Å². The molecule has 0 unspecified atom stereocenters. The molecule has 0 spiro atoms. The van der Waals surface area contributed by atoms with E-state index in [-0.39, 0.29) is 48.5 Å². The Hall–Kier alpha value is -5.04. The molecule has 2 heterocycles. The number of nitrogens with one attached hydrogen (secondary N) is 2. The number of hydrogen-bond donors (Lipinski definition) is 3. The van der Waals surface area contributed by atoms with Crippen molar-refractivity contribution in [2.24, 2.45) is 5.92 Å². The van der Waals surface area contributed by atoms with Crippen LogP contribution in [0, 0.1) is 5.92 Å². The summed E-state index contributed by atoms with van der Waals surface area (Å²) in [5, 5.41) is 14.0. The summed E-state index contributed by atoms with van der Waals surface area (Å²) in [6.07, 6.45) is 0.0324. The molecule has 12 heteroatoms. The summed E-state index contributed by atoms with van der Waals surface area (Å²) in [6, 6.07) is 25.3. The highest BCUT2D eigenvalue weighted by Gasteiger charge is 2.39. The number of rotatable bonds is 15. The highest BCUT2D eigenvalue weighted by Crippen LogP contribution is 2.42. The SMILES string of the molecule is COc1ccc(C(OC[C@@H](OC)[C@@H](O)CCn2cnc3c(=O)[nH]c(NC(=O)C(C)C)nc32)(c2ccccc2)c2ccc(OC)cc2)cc1. The monoisotopic (exact) mass is 655 g/mol. The number of hydrogen-bond acceptors (Lipinski definition) is 9. The van der Waals surface area contributed by atoms with E-state index in [0.717, 1.165) is 16.7 Å². The van der Waals surface area contributed by atoms with Gasteiger partial charge in [-0.15, -0.1) is 0 Å². The molecule has 48 heavy (non-hydrogen) atoms. The molecule has 5 aromatic rings. The Balaban J connectivity index is 1.42. The molecule has 0 fully saturated rings. The van der Waals surface area contributed by atoms with Gasteiger partial charge in [0.25, 0.3) is 5.56 Å². The van der Waals surface area contributed by atoms with Gasteiger partial charge in [-0.05, 0) is 47.4 Å². The minimum atomic E-state index is -1.08. The number of carbonyl (C=O) groups is 1. The van der Waals surface area contributed by atoms with Crippen LogP contribution in [0.25, 0.3) is 11.2 Å². The lowest BCUT2D eigenvalue weighted by molar-refractivity contribution is -0.118. The number of aromatic amines is 1. The Morgan fingerprint density at radius 2 is 1.50 bits per heavy atom. The second-order valence-electron chi connectivity index (χ2n) is 11.6. The van der Waals surface area contributed by atoms with E-state index in [2.05, 4.69) is 20.3 Å². The van der Waals surface area contributed by atoms with Crippen LogP contribution in [0.4, 0.5) is 5.95 Å². The van der Waals surface area contributed by atoms with Crippen molar-refractivity contribution in [2.75, 3.05) is 33.3 Å². The van der Waals surface area contributed by atoms with E-state index in [4.69, 9.17) is 18.9 Å². The summed E-state index contributed by atoms with van der Waals surface area (Å²) >= 11 is 0. The van der Waals surface area contributed by atoms with Gasteiger partial charge in [0, 0.05) is 19.6 Å². The van der Waals surface area contributed by atoms with E-state index >= 15 is 0 Å². The van der Waals surface area contributed by atoms with Crippen LogP contribution in [0.1, 0.15) is 37.0 Å². The van der Waals surface area contributed by atoms with Crippen molar-refractivity contribution in [1.29, 1.82) is 0 Å². The predicted octanol–water partition coefficient (Wildman–Crippen LogP) is 4.51. The van der Waals surface area contributed by atoms with Crippen LogP contribution in [0.5, 0.6) is 11.5 Å². The second kappa shape index (κ2) is 15.2. The number of imidazole rings is 1. The van der Waals surface area contributed by atoms with Crippen molar-refractivity contribution in [3.05, 3.63) is 112 Å². The van der Waals surface area contributed by atoms with Gasteiger partial charge in [0.2, 0.25) is 11.9 Å². The molecule has 0 aliphatic rings. The number of ether oxygens (including phenoxy) is 4. The zero-order valence-electron chi connectivity index (χ0n) is 27.7. The molecule has 0 saturated heterocycles. The molecule has 5 rings (SSSR count). The molecule has 0 aliphatic carbocycles. The normalized spacial score (nSPS) is 13.0. The Bertz CT molecular complexity index is 1810. The highest BCUT2D eigenvalue weighted by molar-refractivity contribution is 5.91. The minimum Gasteiger partial charge on any atom is -0.497 e. The van der Waals surface area contributed by atoms with Crippen LogP contribution in [0.3, 0.4) is 0 Å². The Morgan fingerprint density at radius 3 is 2.04 bits per heavy atom. The Kier molecular flexibility index (Phi) is 10.9. The third-order valence-electron chi connectivity index (χ3n) is 8.28. The average molecular weight is 656 g/mol. The molecule has 1 amide bonds. The zero-order valence-corrected chi connectivity index (χ0v) is 27.7. The van der Waals surface area contributed by atoms with Crippen molar-refractivity contribution in [3.63, 3.8) is 0 Å². The summed E-state index contributed by atoms with van der Waals surface area (Å²) in [5.74, 6) is 0.871. The first kappa shape index (κ1) is 34.3. The number of anilines is 1. The molecule has 0 aliphatic heterocycles. The number of aliphatic hydroxyl groups excluding tert-OH is 1. The standard InChI is InChI=1S/C36H41N5O7/c1-23(2)33(43)39-35-38-32-31(34(44)40-35)37-22-41(32)20-19-29(42)30(47-5)21-48-36(24-9-7-6-8-10-24,25-11-15-27(45-3)16-12-25)26-13-17-28(46-4)18-14-26/h6-18,22-23,29-30,42H,19-21H2,1-5H3,(H2,38,39,40,43,44)/t29-,30+/m0/s1. The van der Waals surface area contributed by atoms with Crippen molar-refractivity contribution >= 4 is 23.0 Å². The van der Waals surface area contributed by atoms with Crippen molar-refractivity contribution in [1.82, 2.24) is 19.5 Å². The maximum Gasteiger partial charge on any atom is 0.280 e. The number of fused-ring (bicyclic) bond motifs is 1. The molecule has 3 N–H and O–H groups in total. The quantitative estimate of drug-likeness (QED) is 0.139. The Labute approximate surface area is 278 Å². The van der Waals surface area contributed by atoms with E-state index in [1.54, 1.807) is 32.6 Å². The van der Waals surface area contributed by atoms with E-state index in [1.807, 2.05) is 78.9 Å². The van der Waals surface area contributed by atoms with Gasteiger partial charge in [-0.1, -0.05) is 68.4 Å². The number of methoxy groups -OCH3 is 3. The molecule has 3 aromatic carbocycles. The van der Waals surface area contributed by atoms with E-state index < -0.39 is 23.4 Å². The summed E-state index contributed by atoms with van der Waals surface area (Å²) in [7, 11) is 4.77. The van der Waals surface area contributed by atoms with Gasteiger partial charge >= 0.3 is 0 Å². The van der Waals surface area contributed by atoms with Crippen molar-refractivity contribution in [3.8, 4) is 11.5 Å². The maximum atomic E-state index is 12.6. The van der Waals surface area contributed by atoms with E-state index in [0.29, 0.717) is 11.5 Å². The number of aromatic nitrogens is 4. The fourth-order valence-corrected chi connectivity index (χ4v) is 5.51. The van der Waals surface area contributed by atoms with Gasteiger partial charge in [0.15, 0.2) is 11.2 Å². The number of carbonyl (C=O) groups excluding carboxylic acids is 1. The fraction of sp³-hybridized carbons (Fsp3) is 0.333. The van der Waals surface area contributed by atoms with Crippen LogP contribution >= 0.6 is 0 Å². The predicted molar refractivity (Wildman–Crippen MR) is 181 cm³/mol. The molecule has 0 bridgehead atoms. The van der Waals surface area contributed by atoms with E-state index in [1.165, 1.54) is 13.4 Å². The molecule has 0 saturated carbocycles. The van der Waals surface area contributed by atoms with Gasteiger partial charge in [0.1, 0.15) is 23.2 Å². The van der Waals surface area contributed by atoms with Crippen molar-refractivity contribution in [2.45, 2.75) is 44.6 Å². The smallest absolute Gasteiger partial charge is 0.280 e. The number of H-pyrrole nitrogens is 1. The molecular formula is C36H41N5O7. The number of aryl methyl sites for hydroxylation is 1. The zero-order chi connectivity index (χ0) is 34.3. The average Bonchev–Trinajstić information content (AvgIpc) is 3.53. The van der Waals surface area contributed by atoms with Gasteiger partial charge in [-0.25, -0.2) is 4.98 Å². The summed E-state index contributed by atoms with van der Waals surface area (Å²) in [6.45, 7) is 3.78. The first-order valence-electron chi connectivity index (χ1n) is 15.7. The molecule has 2 aromatic heterocycles. The second-order valence-corrected chi connectivity index (χ2v) is 11.6. The largest absolute Gasteiger partial charge is 0.497 e. The van der Waals surface area contributed by atoms with Gasteiger partial charge in [-0.2, -0.15) is 4.98 Å². The third-order valence-corrected chi connectivity index (χ3v) is 8.28. The van der Waals surface area contributed by atoms with Crippen molar-refractivity contribution < 1.29 is 28.8 Å². The number of benzene rings is 3. The maximum absolute atomic E-state index is 12.6. The number of nitrogens with zero attached hydrogens (tertiary/aromatic N) is 3. The summed E-state index contributed by atoms with van der Waals surface area (Å²) < 4.78 is 25.2. The summed E-state index contributed by atoms with van der Waals surface area (Å²) in [4.78, 5) is 36.0. The van der Waals surface area contributed by atoms with Crippen LogP contribution in [-0.4, -0.2) is 70.7 Å². The fourth-order valence-electron chi connectivity index (χ4n) is 5.51. The minimum absolute atomic E-state index is 0.0264. The highest BCUT2D eigenvalue weighted by atomic mass is 16.5. The molecule has 0 radical (unpaired) electrons. The Morgan fingerprint density at radius 1 is 0.917 bits per heavy atom. The number of aliphatic hydroxyl groups is 1. The lowest BCUT2D eigenvalue weighted by Gasteiger charge is -2.37.